The molecule has 1 saturated heterocycles. The Labute approximate surface area is 96.3 Å². The number of oxazole rings is 1. The Morgan fingerprint density at radius 3 is 2.69 bits per heavy atom. The Hall–Kier alpha value is -0.870. The number of hydrogen-bond donors (Lipinski definition) is 1. The second kappa shape index (κ2) is 4.97. The first-order chi connectivity index (χ1) is 7.70. The normalized spacial score (nSPS) is 19.5. The van der Waals surface area contributed by atoms with Crippen molar-refractivity contribution < 1.29 is 9.52 Å². The van der Waals surface area contributed by atoms with Gasteiger partial charge in [-0.25, -0.2) is 4.98 Å². The lowest BCUT2D eigenvalue weighted by molar-refractivity contribution is 0.160. The van der Waals surface area contributed by atoms with Crippen molar-refractivity contribution in [2.75, 3.05) is 13.1 Å². The minimum atomic E-state index is -0.0577. The fraction of sp³-hybridized carbons (Fsp3) is 0.750. The standard InChI is InChI=1S/C12H20N2O2/c1-9(2)14-5-3-10(4-6-14)12-13-7-11(8-15)16-12/h7,9-10,15H,3-6,8H2,1-2H3. The molecule has 0 unspecified atom stereocenters. The van der Waals surface area contributed by atoms with Gasteiger partial charge in [0.2, 0.25) is 0 Å². The molecule has 2 rings (SSSR count). The molecule has 90 valence electrons. The van der Waals surface area contributed by atoms with Gasteiger partial charge in [0.25, 0.3) is 0 Å². The van der Waals surface area contributed by atoms with Crippen LogP contribution in [0.15, 0.2) is 10.6 Å². The van der Waals surface area contributed by atoms with E-state index in [4.69, 9.17) is 9.52 Å². The van der Waals surface area contributed by atoms with E-state index < -0.39 is 0 Å². The van der Waals surface area contributed by atoms with Gasteiger partial charge in [0.1, 0.15) is 12.4 Å². The maximum absolute atomic E-state index is 8.92. The molecule has 0 atom stereocenters. The van der Waals surface area contributed by atoms with Crippen molar-refractivity contribution in [3.8, 4) is 0 Å². The minimum Gasteiger partial charge on any atom is -0.443 e. The second-order valence-corrected chi connectivity index (χ2v) is 4.73. The van der Waals surface area contributed by atoms with Crippen LogP contribution in [0.2, 0.25) is 0 Å². The minimum absolute atomic E-state index is 0.0577. The third-order valence-corrected chi connectivity index (χ3v) is 3.34. The second-order valence-electron chi connectivity index (χ2n) is 4.73. The van der Waals surface area contributed by atoms with Crippen molar-refractivity contribution in [2.45, 2.75) is 45.3 Å². The predicted octanol–water partition coefficient (Wildman–Crippen LogP) is 1.75. The van der Waals surface area contributed by atoms with Gasteiger partial charge < -0.3 is 14.4 Å². The van der Waals surface area contributed by atoms with E-state index in [1.165, 1.54) is 0 Å². The summed E-state index contributed by atoms with van der Waals surface area (Å²) in [5.74, 6) is 1.80. The molecule has 1 aromatic heterocycles. The van der Waals surface area contributed by atoms with Crippen molar-refractivity contribution in [3.63, 3.8) is 0 Å². The zero-order valence-corrected chi connectivity index (χ0v) is 10.0. The zero-order chi connectivity index (χ0) is 11.5. The summed E-state index contributed by atoms with van der Waals surface area (Å²) in [7, 11) is 0. The summed E-state index contributed by atoms with van der Waals surface area (Å²) in [5, 5.41) is 8.92. The largest absolute Gasteiger partial charge is 0.443 e. The van der Waals surface area contributed by atoms with Gasteiger partial charge in [0, 0.05) is 12.0 Å². The highest BCUT2D eigenvalue weighted by Gasteiger charge is 2.25. The molecule has 4 heteroatoms. The van der Waals surface area contributed by atoms with Crippen LogP contribution in [0.4, 0.5) is 0 Å². The topological polar surface area (TPSA) is 49.5 Å². The molecule has 0 amide bonds. The fourth-order valence-corrected chi connectivity index (χ4v) is 2.25. The van der Waals surface area contributed by atoms with Crippen LogP contribution in [0.5, 0.6) is 0 Å². The van der Waals surface area contributed by atoms with Gasteiger partial charge in [0.05, 0.1) is 6.20 Å². The Balaban J connectivity index is 1.93. The molecule has 0 radical (unpaired) electrons. The van der Waals surface area contributed by atoms with E-state index >= 15 is 0 Å². The first kappa shape index (κ1) is 11.6. The quantitative estimate of drug-likeness (QED) is 0.850. The summed E-state index contributed by atoms with van der Waals surface area (Å²) in [6.45, 7) is 6.63. The monoisotopic (exact) mass is 224 g/mol. The number of piperidine rings is 1. The Kier molecular flexibility index (Phi) is 3.61. The maximum Gasteiger partial charge on any atom is 0.197 e. The van der Waals surface area contributed by atoms with Gasteiger partial charge in [0.15, 0.2) is 5.89 Å². The highest BCUT2D eigenvalue weighted by Crippen LogP contribution is 2.28. The maximum atomic E-state index is 8.92. The van der Waals surface area contributed by atoms with E-state index in [1.807, 2.05) is 0 Å². The number of rotatable bonds is 3. The average Bonchev–Trinajstić information content (AvgIpc) is 2.77. The average molecular weight is 224 g/mol. The van der Waals surface area contributed by atoms with Crippen LogP contribution in [-0.4, -0.2) is 34.1 Å². The Bertz CT molecular complexity index is 328. The van der Waals surface area contributed by atoms with Gasteiger partial charge in [-0.2, -0.15) is 0 Å². The van der Waals surface area contributed by atoms with Gasteiger partial charge in [-0.05, 0) is 39.8 Å². The lowest BCUT2D eigenvalue weighted by Gasteiger charge is -2.33. The molecular weight excluding hydrogens is 204 g/mol. The fourth-order valence-electron chi connectivity index (χ4n) is 2.25. The van der Waals surface area contributed by atoms with Gasteiger partial charge in [-0.3, -0.25) is 0 Å². The molecule has 0 spiro atoms. The van der Waals surface area contributed by atoms with E-state index in [2.05, 4.69) is 23.7 Å². The van der Waals surface area contributed by atoms with E-state index in [0.717, 1.165) is 31.8 Å². The van der Waals surface area contributed by atoms with Crippen LogP contribution >= 0.6 is 0 Å². The molecule has 0 aromatic carbocycles. The van der Waals surface area contributed by atoms with Crippen LogP contribution in [0.3, 0.4) is 0 Å². The Morgan fingerprint density at radius 2 is 2.19 bits per heavy atom. The number of aliphatic hydroxyl groups excluding tert-OH is 1. The molecule has 0 aliphatic carbocycles. The van der Waals surface area contributed by atoms with Gasteiger partial charge >= 0.3 is 0 Å². The molecule has 4 nitrogen and oxygen atoms in total. The molecule has 1 aliphatic rings. The molecule has 0 bridgehead atoms. The summed E-state index contributed by atoms with van der Waals surface area (Å²) in [6.07, 6.45) is 3.83. The number of aromatic nitrogens is 1. The third-order valence-electron chi connectivity index (χ3n) is 3.34. The molecule has 16 heavy (non-hydrogen) atoms. The highest BCUT2D eigenvalue weighted by atomic mass is 16.4. The van der Waals surface area contributed by atoms with Crippen molar-refractivity contribution >= 4 is 0 Å². The van der Waals surface area contributed by atoms with Crippen LogP contribution in [-0.2, 0) is 6.61 Å². The van der Waals surface area contributed by atoms with Gasteiger partial charge in [-0.1, -0.05) is 0 Å². The number of hydrogen-bond acceptors (Lipinski definition) is 4. The molecule has 1 fully saturated rings. The molecule has 2 heterocycles. The SMILES string of the molecule is CC(C)N1CCC(c2ncc(CO)o2)CC1. The van der Waals surface area contributed by atoms with Crippen LogP contribution in [0, 0.1) is 0 Å². The Morgan fingerprint density at radius 1 is 1.50 bits per heavy atom. The predicted molar refractivity (Wildman–Crippen MR) is 61.1 cm³/mol. The van der Waals surface area contributed by atoms with E-state index in [1.54, 1.807) is 6.20 Å². The van der Waals surface area contributed by atoms with E-state index in [9.17, 15) is 0 Å². The van der Waals surface area contributed by atoms with Crippen LogP contribution in [0.25, 0.3) is 0 Å². The summed E-state index contributed by atoms with van der Waals surface area (Å²) in [5.41, 5.74) is 0. The molecule has 1 N–H and O–H groups in total. The van der Waals surface area contributed by atoms with Gasteiger partial charge in [-0.15, -0.1) is 0 Å². The molecule has 0 saturated carbocycles. The number of likely N-dealkylation sites (tertiary alicyclic amines) is 1. The summed E-state index contributed by atoms with van der Waals surface area (Å²) in [4.78, 5) is 6.71. The molecule has 1 aromatic rings. The highest BCUT2D eigenvalue weighted by molar-refractivity contribution is 5.00. The van der Waals surface area contributed by atoms with Crippen molar-refractivity contribution in [1.82, 2.24) is 9.88 Å². The van der Waals surface area contributed by atoms with Crippen molar-refractivity contribution in [2.24, 2.45) is 0 Å². The van der Waals surface area contributed by atoms with E-state index in [0.29, 0.717) is 17.7 Å². The van der Waals surface area contributed by atoms with Crippen molar-refractivity contribution in [1.29, 1.82) is 0 Å². The summed E-state index contributed by atoms with van der Waals surface area (Å²) < 4.78 is 5.49. The smallest absolute Gasteiger partial charge is 0.197 e. The molecule has 1 aliphatic heterocycles. The van der Waals surface area contributed by atoms with Crippen LogP contribution < -0.4 is 0 Å². The first-order valence-corrected chi connectivity index (χ1v) is 6.00. The molecular formula is C12H20N2O2. The first-order valence-electron chi connectivity index (χ1n) is 6.00. The number of nitrogens with zero attached hydrogens (tertiary/aromatic N) is 2. The lowest BCUT2D eigenvalue weighted by Crippen LogP contribution is -2.37. The van der Waals surface area contributed by atoms with E-state index in [-0.39, 0.29) is 6.61 Å². The third kappa shape index (κ3) is 2.44. The van der Waals surface area contributed by atoms with Crippen LogP contribution in [0.1, 0.15) is 44.3 Å². The zero-order valence-electron chi connectivity index (χ0n) is 10.0. The summed E-state index contributed by atoms with van der Waals surface area (Å²) >= 11 is 0. The van der Waals surface area contributed by atoms with Crippen molar-refractivity contribution in [3.05, 3.63) is 17.8 Å². The lowest BCUT2D eigenvalue weighted by atomic mass is 9.96. The number of aliphatic hydroxyl groups is 1. The summed E-state index contributed by atoms with van der Waals surface area (Å²) in [6, 6.07) is 0.624.